The molecule has 1 heterocycles. The molecule has 1 fully saturated rings. The van der Waals surface area contributed by atoms with Crippen molar-refractivity contribution < 1.29 is 9.26 Å². The molecule has 0 amide bonds. The second kappa shape index (κ2) is 6.20. The first-order chi connectivity index (χ1) is 10.3. The second-order valence-electron chi connectivity index (χ2n) is 5.81. The summed E-state index contributed by atoms with van der Waals surface area (Å²) in [6.45, 7) is 0. The molecule has 4 nitrogen and oxygen atoms in total. The number of nitrogen functional groups attached to an aromatic ring is 1. The van der Waals surface area contributed by atoms with E-state index in [0.29, 0.717) is 11.8 Å². The SMILES string of the molecule is COc1ccc(-c2c(CC3CCCCC3)noc2N)cc1. The summed E-state index contributed by atoms with van der Waals surface area (Å²) < 4.78 is 10.4. The topological polar surface area (TPSA) is 61.3 Å². The van der Waals surface area contributed by atoms with Crippen LogP contribution in [0.25, 0.3) is 11.1 Å². The molecule has 0 radical (unpaired) electrons. The van der Waals surface area contributed by atoms with Crippen LogP contribution in [0.3, 0.4) is 0 Å². The van der Waals surface area contributed by atoms with Gasteiger partial charge in [-0.15, -0.1) is 0 Å². The van der Waals surface area contributed by atoms with Gasteiger partial charge in [0.05, 0.1) is 18.4 Å². The van der Waals surface area contributed by atoms with Gasteiger partial charge in [0.25, 0.3) is 0 Å². The highest BCUT2D eigenvalue weighted by Gasteiger charge is 2.21. The van der Waals surface area contributed by atoms with Crippen LogP contribution in [0, 0.1) is 5.92 Å². The van der Waals surface area contributed by atoms with Crippen molar-refractivity contribution in [1.29, 1.82) is 0 Å². The first-order valence-corrected chi connectivity index (χ1v) is 7.66. The van der Waals surface area contributed by atoms with Crippen LogP contribution >= 0.6 is 0 Å². The summed E-state index contributed by atoms with van der Waals surface area (Å²) in [5.74, 6) is 1.95. The van der Waals surface area contributed by atoms with Gasteiger partial charge in [0, 0.05) is 0 Å². The average molecular weight is 286 g/mol. The van der Waals surface area contributed by atoms with Crippen LogP contribution in [0.4, 0.5) is 5.88 Å². The molecule has 1 saturated carbocycles. The molecule has 0 spiro atoms. The van der Waals surface area contributed by atoms with E-state index in [-0.39, 0.29) is 0 Å². The van der Waals surface area contributed by atoms with E-state index in [1.165, 1.54) is 32.1 Å². The lowest BCUT2D eigenvalue weighted by atomic mass is 9.85. The molecule has 4 heteroatoms. The molecule has 1 aliphatic rings. The largest absolute Gasteiger partial charge is 0.497 e. The number of benzene rings is 1. The number of ether oxygens (including phenoxy) is 1. The van der Waals surface area contributed by atoms with Crippen molar-refractivity contribution in [2.45, 2.75) is 38.5 Å². The highest BCUT2D eigenvalue weighted by atomic mass is 16.5. The highest BCUT2D eigenvalue weighted by Crippen LogP contribution is 2.34. The quantitative estimate of drug-likeness (QED) is 0.920. The molecule has 1 aliphatic carbocycles. The lowest BCUT2D eigenvalue weighted by Crippen LogP contribution is -2.10. The van der Waals surface area contributed by atoms with Gasteiger partial charge in [-0.2, -0.15) is 0 Å². The van der Waals surface area contributed by atoms with Crippen molar-refractivity contribution in [3.63, 3.8) is 0 Å². The predicted molar refractivity (Wildman–Crippen MR) is 83.2 cm³/mol. The van der Waals surface area contributed by atoms with Crippen molar-refractivity contribution in [3.8, 4) is 16.9 Å². The second-order valence-corrected chi connectivity index (χ2v) is 5.81. The normalized spacial score (nSPS) is 16.0. The fourth-order valence-electron chi connectivity index (χ4n) is 3.21. The van der Waals surface area contributed by atoms with E-state index in [1.807, 2.05) is 24.3 Å². The van der Waals surface area contributed by atoms with Gasteiger partial charge < -0.3 is 15.0 Å². The Morgan fingerprint density at radius 2 is 1.90 bits per heavy atom. The monoisotopic (exact) mass is 286 g/mol. The molecule has 0 unspecified atom stereocenters. The molecule has 0 atom stereocenters. The number of nitrogens with zero attached hydrogens (tertiary/aromatic N) is 1. The minimum Gasteiger partial charge on any atom is -0.497 e. The Labute approximate surface area is 125 Å². The number of hydrogen-bond donors (Lipinski definition) is 1. The Hall–Kier alpha value is -1.97. The van der Waals surface area contributed by atoms with E-state index in [2.05, 4.69) is 5.16 Å². The molecule has 0 bridgehead atoms. The smallest absolute Gasteiger partial charge is 0.230 e. The van der Waals surface area contributed by atoms with Crippen LogP contribution in [-0.4, -0.2) is 12.3 Å². The van der Waals surface area contributed by atoms with Crippen molar-refractivity contribution in [2.24, 2.45) is 5.92 Å². The summed E-state index contributed by atoms with van der Waals surface area (Å²) in [5, 5.41) is 4.20. The maximum atomic E-state index is 5.99. The number of methoxy groups -OCH3 is 1. The zero-order valence-electron chi connectivity index (χ0n) is 12.5. The van der Waals surface area contributed by atoms with E-state index in [1.54, 1.807) is 7.11 Å². The van der Waals surface area contributed by atoms with Gasteiger partial charge in [-0.1, -0.05) is 49.4 Å². The van der Waals surface area contributed by atoms with Gasteiger partial charge >= 0.3 is 0 Å². The molecule has 2 N–H and O–H groups in total. The Bertz CT molecular complexity index is 583. The van der Waals surface area contributed by atoms with E-state index in [0.717, 1.165) is 29.0 Å². The van der Waals surface area contributed by atoms with Crippen molar-refractivity contribution in [3.05, 3.63) is 30.0 Å². The van der Waals surface area contributed by atoms with Gasteiger partial charge in [0.15, 0.2) is 0 Å². The Morgan fingerprint density at radius 1 is 1.19 bits per heavy atom. The summed E-state index contributed by atoms with van der Waals surface area (Å²) in [6.07, 6.45) is 7.56. The fraction of sp³-hybridized carbons (Fsp3) is 0.471. The Morgan fingerprint density at radius 3 is 2.57 bits per heavy atom. The fourth-order valence-corrected chi connectivity index (χ4v) is 3.21. The first kappa shape index (κ1) is 14.0. The van der Waals surface area contributed by atoms with Crippen molar-refractivity contribution in [1.82, 2.24) is 5.16 Å². The maximum Gasteiger partial charge on any atom is 0.230 e. The van der Waals surface area contributed by atoms with Crippen LogP contribution in [0.2, 0.25) is 0 Å². The van der Waals surface area contributed by atoms with Gasteiger partial charge in [-0.3, -0.25) is 0 Å². The number of anilines is 1. The summed E-state index contributed by atoms with van der Waals surface area (Å²) in [6, 6.07) is 7.89. The van der Waals surface area contributed by atoms with Gasteiger partial charge in [0.1, 0.15) is 5.75 Å². The lowest BCUT2D eigenvalue weighted by molar-refractivity contribution is 0.345. The first-order valence-electron chi connectivity index (χ1n) is 7.66. The average Bonchev–Trinajstić information content (AvgIpc) is 2.89. The zero-order valence-corrected chi connectivity index (χ0v) is 12.5. The van der Waals surface area contributed by atoms with E-state index < -0.39 is 0 Å². The third-order valence-electron chi connectivity index (χ3n) is 4.37. The zero-order chi connectivity index (χ0) is 14.7. The van der Waals surface area contributed by atoms with Crippen molar-refractivity contribution in [2.75, 3.05) is 12.8 Å². The minimum atomic E-state index is 0.408. The van der Waals surface area contributed by atoms with Gasteiger partial charge in [-0.25, -0.2) is 0 Å². The van der Waals surface area contributed by atoms with E-state index in [4.69, 9.17) is 15.0 Å². The molecule has 1 aromatic heterocycles. The Kier molecular flexibility index (Phi) is 4.13. The molecule has 0 saturated heterocycles. The highest BCUT2D eigenvalue weighted by molar-refractivity contribution is 5.75. The molecular weight excluding hydrogens is 264 g/mol. The lowest BCUT2D eigenvalue weighted by Gasteiger charge is -2.20. The third-order valence-corrected chi connectivity index (χ3v) is 4.37. The summed E-state index contributed by atoms with van der Waals surface area (Å²) >= 11 is 0. The van der Waals surface area contributed by atoms with Crippen LogP contribution in [0.15, 0.2) is 28.8 Å². The number of hydrogen-bond acceptors (Lipinski definition) is 4. The number of rotatable bonds is 4. The molecule has 112 valence electrons. The molecule has 2 aromatic rings. The van der Waals surface area contributed by atoms with Crippen LogP contribution in [-0.2, 0) is 6.42 Å². The third kappa shape index (κ3) is 3.04. The summed E-state index contributed by atoms with van der Waals surface area (Å²) in [7, 11) is 1.66. The van der Waals surface area contributed by atoms with Crippen LogP contribution in [0.1, 0.15) is 37.8 Å². The summed E-state index contributed by atoms with van der Waals surface area (Å²) in [4.78, 5) is 0. The number of aromatic nitrogens is 1. The maximum absolute atomic E-state index is 5.99. The molecule has 21 heavy (non-hydrogen) atoms. The summed E-state index contributed by atoms with van der Waals surface area (Å²) in [5.41, 5.74) is 8.97. The minimum absolute atomic E-state index is 0.408. The van der Waals surface area contributed by atoms with Gasteiger partial charge in [-0.05, 0) is 30.0 Å². The standard InChI is InChI=1S/C17H22N2O2/c1-20-14-9-7-13(8-10-14)16-15(19-21-17(16)18)11-12-5-3-2-4-6-12/h7-10,12H,2-6,11,18H2,1H3. The van der Waals surface area contributed by atoms with Crippen molar-refractivity contribution >= 4 is 5.88 Å². The van der Waals surface area contributed by atoms with E-state index >= 15 is 0 Å². The predicted octanol–water partition coefficient (Wildman–Crippen LogP) is 4.06. The van der Waals surface area contributed by atoms with Crippen LogP contribution in [0.5, 0.6) is 5.75 Å². The van der Waals surface area contributed by atoms with Crippen LogP contribution < -0.4 is 10.5 Å². The number of nitrogens with two attached hydrogens (primary N) is 1. The molecule has 3 rings (SSSR count). The molecule has 0 aliphatic heterocycles. The van der Waals surface area contributed by atoms with Gasteiger partial charge in [0.2, 0.25) is 5.88 Å². The molecule has 1 aromatic carbocycles. The molecular formula is C17H22N2O2. The van der Waals surface area contributed by atoms with E-state index in [9.17, 15) is 0 Å². The Balaban J connectivity index is 1.85.